The zero-order chi connectivity index (χ0) is 16.9. The molecule has 0 aromatic carbocycles. The van der Waals surface area contributed by atoms with E-state index in [0.717, 1.165) is 25.7 Å². The van der Waals surface area contributed by atoms with Crippen molar-refractivity contribution in [3.05, 3.63) is 12.0 Å². The van der Waals surface area contributed by atoms with E-state index in [4.69, 9.17) is 4.74 Å². The Morgan fingerprint density at radius 1 is 1.25 bits per heavy atom. The van der Waals surface area contributed by atoms with Crippen molar-refractivity contribution in [2.24, 2.45) is 0 Å². The van der Waals surface area contributed by atoms with Gasteiger partial charge in [0.25, 0.3) is 0 Å². The topological polar surface area (TPSA) is 79.4 Å². The van der Waals surface area contributed by atoms with E-state index in [1.807, 2.05) is 4.90 Å². The normalized spacial score (nSPS) is 24.5. The van der Waals surface area contributed by atoms with Gasteiger partial charge in [-0.2, -0.15) is 4.98 Å². The molecule has 3 rings (SSSR count). The maximum atomic E-state index is 14.0. The van der Waals surface area contributed by atoms with Gasteiger partial charge in [0.2, 0.25) is 11.9 Å². The van der Waals surface area contributed by atoms with Gasteiger partial charge in [0.05, 0.1) is 19.4 Å². The second-order valence-corrected chi connectivity index (χ2v) is 6.36. The lowest BCUT2D eigenvalue weighted by Crippen LogP contribution is -2.39. The van der Waals surface area contributed by atoms with E-state index in [2.05, 4.69) is 20.6 Å². The number of ether oxygens (including phenoxy) is 1. The van der Waals surface area contributed by atoms with Gasteiger partial charge in [0, 0.05) is 32.1 Å². The first kappa shape index (κ1) is 16.9. The van der Waals surface area contributed by atoms with E-state index in [0.29, 0.717) is 38.1 Å². The predicted octanol–water partition coefficient (Wildman–Crippen LogP) is 1.31. The number of halogens is 1. The van der Waals surface area contributed by atoms with Crippen LogP contribution in [0.25, 0.3) is 0 Å². The van der Waals surface area contributed by atoms with Crippen molar-refractivity contribution in [2.45, 2.75) is 44.7 Å². The number of nitrogens with zero attached hydrogens (tertiary/aromatic N) is 3. The van der Waals surface area contributed by atoms with Crippen LogP contribution in [0, 0.1) is 5.82 Å². The quantitative estimate of drug-likeness (QED) is 0.862. The van der Waals surface area contributed by atoms with Gasteiger partial charge >= 0.3 is 0 Å². The molecule has 0 spiro atoms. The second kappa shape index (κ2) is 7.74. The molecule has 1 amide bonds. The Kier molecular flexibility index (Phi) is 5.44. The molecule has 1 aromatic heterocycles. The lowest BCUT2D eigenvalue weighted by molar-refractivity contribution is -0.119. The Bertz CT molecular complexity index is 572. The summed E-state index contributed by atoms with van der Waals surface area (Å²) >= 11 is 0. The fourth-order valence-electron chi connectivity index (χ4n) is 3.28. The van der Waals surface area contributed by atoms with E-state index >= 15 is 0 Å². The largest absolute Gasteiger partial charge is 0.378 e. The molecule has 2 aliphatic rings. The van der Waals surface area contributed by atoms with Gasteiger partial charge in [-0.15, -0.1) is 0 Å². The smallest absolute Gasteiger partial charge is 0.225 e. The van der Waals surface area contributed by atoms with Gasteiger partial charge in [0.1, 0.15) is 0 Å². The summed E-state index contributed by atoms with van der Waals surface area (Å²) in [5.41, 5.74) is 0. The average Bonchev–Trinajstić information content (AvgIpc) is 2.59. The zero-order valence-corrected chi connectivity index (χ0v) is 13.9. The number of morpholine rings is 1. The summed E-state index contributed by atoms with van der Waals surface area (Å²) in [4.78, 5) is 21.4. The molecule has 1 aliphatic heterocycles. The number of rotatable bonds is 4. The minimum absolute atomic E-state index is 0.0171. The number of amides is 1. The Hall–Kier alpha value is -1.96. The third kappa shape index (κ3) is 4.31. The zero-order valence-electron chi connectivity index (χ0n) is 13.9. The minimum Gasteiger partial charge on any atom is -0.378 e. The molecule has 24 heavy (non-hydrogen) atoms. The molecule has 1 aromatic rings. The fraction of sp³-hybridized carbons (Fsp3) is 0.688. The van der Waals surface area contributed by atoms with E-state index in [1.165, 1.54) is 6.20 Å². The minimum atomic E-state index is -0.406. The molecule has 2 heterocycles. The van der Waals surface area contributed by atoms with E-state index < -0.39 is 5.82 Å². The van der Waals surface area contributed by atoms with Gasteiger partial charge in [-0.1, -0.05) is 0 Å². The van der Waals surface area contributed by atoms with Crippen molar-refractivity contribution in [3.8, 4) is 0 Å². The first-order valence-electron chi connectivity index (χ1n) is 8.50. The molecule has 132 valence electrons. The molecule has 1 saturated carbocycles. The van der Waals surface area contributed by atoms with Crippen molar-refractivity contribution in [1.29, 1.82) is 0 Å². The molecule has 2 N–H and O–H groups in total. The van der Waals surface area contributed by atoms with Crippen molar-refractivity contribution in [1.82, 2.24) is 15.3 Å². The molecule has 2 fully saturated rings. The lowest BCUT2D eigenvalue weighted by atomic mass is 9.91. The molecule has 0 unspecified atom stereocenters. The SMILES string of the molecule is CC(=O)NC1CCC(Nc2ncc(F)c(N3CCOCC3)n2)CC1. The third-order valence-corrected chi connectivity index (χ3v) is 4.50. The van der Waals surface area contributed by atoms with Crippen LogP contribution in [0.15, 0.2) is 6.20 Å². The first-order valence-corrected chi connectivity index (χ1v) is 8.50. The van der Waals surface area contributed by atoms with Crippen LogP contribution < -0.4 is 15.5 Å². The summed E-state index contributed by atoms with van der Waals surface area (Å²) < 4.78 is 19.3. The standard InChI is InChI=1S/C16H24FN5O2/c1-11(23)19-12-2-4-13(5-3-12)20-16-18-10-14(17)15(21-16)22-6-8-24-9-7-22/h10,12-13H,2-9H2,1H3,(H,19,23)(H,18,20,21). The molecular weight excluding hydrogens is 313 g/mol. The number of nitrogens with one attached hydrogen (secondary N) is 2. The third-order valence-electron chi connectivity index (χ3n) is 4.50. The molecule has 0 radical (unpaired) electrons. The van der Waals surface area contributed by atoms with Gasteiger partial charge in [0.15, 0.2) is 11.6 Å². The summed E-state index contributed by atoms with van der Waals surface area (Å²) in [5, 5.41) is 6.26. The van der Waals surface area contributed by atoms with Crippen LogP contribution in [-0.2, 0) is 9.53 Å². The van der Waals surface area contributed by atoms with Gasteiger partial charge in [-0.25, -0.2) is 9.37 Å². The highest BCUT2D eigenvalue weighted by Crippen LogP contribution is 2.23. The number of anilines is 2. The number of carbonyl (C=O) groups is 1. The molecule has 8 heteroatoms. The lowest BCUT2D eigenvalue weighted by Gasteiger charge is -2.30. The van der Waals surface area contributed by atoms with Gasteiger partial charge in [-0.05, 0) is 25.7 Å². The maximum absolute atomic E-state index is 14.0. The van der Waals surface area contributed by atoms with Crippen LogP contribution in [0.1, 0.15) is 32.6 Å². The summed E-state index contributed by atoms with van der Waals surface area (Å²) in [6.07, 6.45) is 4.93. The van der Waals surface area contributed by atoms with Crippen LogP contribution in [-0.4, -0.2) is 54.3 Å². The predicted molar refractivity (Wildman–Crippen MR) is 88.5 cm³/mol. The number of aromatic nitrogens is 2. The highest BCUT2D eigenvalue weighted by atomic mass is 19.1. The van der Waals surface area contributed by atoms with E-state index in [-0.39, 0.29) is 18.0 Å². The van der Waals surface area contributed by atoms with Gasteiger partial charge < -0.3 is 20.3 Å². The second-order valence-electron chi connectivity index (χ2n) is 6.36. The van der Waals surface area contributed by atoms with Crippen LogP contribution in [0.5, 0.6) is 0 Å². The highest BCUT2D eigenvalue weighted by molar-refractivity contribution is 5.73. The van der Waals surface area contributed by atoms with Crippen LogP contribution in [0.3, 0.4) is 0 Å². The summed E-state index contributed by atoms with van der Waals surface area (Å²) in [6, 6.07) is 0.497. The van der Waals surface area contributed by atoms with Crippen molar-refractivity contribution >= 4 is 17.7 Å². The monoisotopic (exact) mass is 337 g/mol. The number of carbonyl (C=O) groups excluding carboxylic acids is 1. The maximum Gasteiger partial charge on any atom is 0.225 e. The van der Waals surface area contributed by atoms with Crippen molar-refractivity contribution in [3.63, 3.8) is 0 Å². The Balaban J connectivity index is 1.58. The Morgan fingerprint density at radius 3 is 2.58 bits per heavy atom. The first-order chi connectivity index (χ1) is 11.6. The summed E-state index contributed by atoms with van der Waals surface area (Å²) in [6.45, 7) is 3.98. The average molecular weight is 337 g/mol. The molecule has 1 aliphatic carbocycles. The van der Waals surface area contributed by atoms with Crippen LogP contribution in [0.4, 0.5) is 16.2 Å². The molecule has 0 atom stereocenters. The molecule has 1 saturated heterocycles. The van der Waals surface area contributed by atoms with Gasteiger partial charge in [-0.3, -0.25) is 4.79 Å². The van der Waals surface area contributed by atoms with Crippen LogP contribution >= 0.6 is 0 Å². The molecule has 0 bridgehead atoms. The molecule has 7 nitrogen and oxygen atoms in total. The van der Waals surface area contributed by atoms with Crippen LogP contribution in [0.2, 0.25) is 0 Å². The summed E-state index contributed by atoms with van der Waals surface area (Å²) in [7, 11) is 0. The number of hydrogen-bond donors (Lipinski definition) is 2. The summed E-state index contributed by atoms with van der Waals surface area (Å²) in [5.74, 6) is 0.406. The fourth-order valence-corrected chi connectivity index (χ4v) is 3.28. The van der Waals surface area contributed by atoms with E-state index in [9.17, 15) is 9.18 Å². The Labute approximate surface area is 141 Å². The number of hydrogen-bond acceptors (Lipinski definition) is 6. The van der Waals surface area contributed by atoms with Crippen molar-refractivity contribution in [2.75, 3.05) is 36.5 Å². The molecular formula is C16H24FN5O2. The van der Waals surface area contributed by atoms with E-state index in [1.54, 1.807) is 6.92 Å². The van der Waals surface area contributed by atoms with Crippen molar-refractivity contribution < 1.29 is 13.9 Å². The Morgan fingerprint density at radius 2 is 1.92 bits per heavy atom. The highest BCUT2D eigenvalue weighted by Gasteiger charge is 2.23.